The Hall–Kier alpha value is -0.810. The molecule has 2 atom stereocenters. The zero-order valence-corrected chi connectivity index (χ0v) is 11.2. The van der Waals surface area contributed by atoms with Gasteiger partial charge < -0.3 is 16.4 Å². The van der Waals surface area contributed by atoms with Crippen LogP contribution in [0, 0.1) is 5.92 Å². The van der Waals surface area contributed by atoms with Crippen molar-refractivity contribution in [1.29, 1.82) is 0 Å². The number of nitrogens with zero attached hydrogens (tertiary/aromatic N) is 1. The monoisotopic (exact) mass is 263 g/mol. The van der Waals surface area contributed by atoms with E-state index in [-0.39, 0.29) is 18.3 Å². The lowest BCUT2D eigenvalue weighted by atomic mass is 10.0. The van der Waals surface area contributed by atoms with Crippen LogP contribution in [0.5, 0.6) is 0 Å². The van der Waals surface area contributed by atoms with E-state index in [2.05, 4.69) is 0 Å². The maximum atomic E-state index is 12.0. The van der Waals surface area contributed by atoms with Crippen LogP contribution in [-0.4, -0.2) is 35.3 Å². The van der Waals surface area contributed by atoms with E-state index in [4.69, 9.17) is 11.5 Å². The Morgan fingerprint density at radius 1 is 1.41 bits per heavy atom. The van der Waals surface area contributed by atoms with Crippen LogP contribution < -0.4 is 11.5 Å². The van der Waals surface area contributed by atoms with Gasteiger partial charge in [0.15, 0.2) is 0 Å². The van der Waals surface area contributed by atoms with Gasteiger partial charge in [-0.1, -0.05) is 13.8 Å². The van der Waals surface area contributed by atoms with Crippen LogP contribution in [0.25, 0.3) is 0 Å². The Labute approximate surface area is 108 Å². The van der Waals surface area contributed by atoms with Crippen LogP contribution >= 0.6 is 12.4 Å². The van der Waals surface area contributed by atoms with Crippen LogP contribution in [0.4, 0.5) is 0 Å². The fourth-order valence-corrected chi connectivity index (χ4v) is 2.15. The molecule has 6 heteroatoms. The zero-order valence-electron chi connectivity index (χ0n) is 10.4. The number of nitrogens with two attached hydrogens (primary N) is 2. The molecule has 1 saturated heterocycles. The average Bonchev–Trinajstić information content (AvgIpc) is 2.63. The van der Waals surface area contributed by atoms with E-state index in [0.717, 1.165) is 6.42 Å². The van der Waals surface area contributed by atoms with Gasteiger partial charge in [0.25, 0.3) is 0 Å². The largest absolute Gasteiger partial charge is 0.368 e. The number of carbonyl (C=O) groups excluding carboxylic acids is 2. The van der Waals surface area contributed by atoms with Gasteiger partial charge in [-0.25, -0.2) is 0 Å². The molecule has 0 aromatic heterocycles. The van der Waals surface area contributed by atoms with Crippen LogP contribution in [0.3, 0.4) is 0 Å². The summed E-state index contributed by atoms with van der Waals surface area (Å²) in [4.78, 5) is 24.7. The van der Waals surface area contributed by atoms with Gasteiger partial charge in [0.2, 0.25) is 11.8 Å². The Bertz CT molecular complexity index is 284. The highest BCUT2D eigenvalue weighted by Gasteiger charge is 2.34. The molecule has 0 radical (unpaired) electrons. The van der Waals surface area contributed by atoms with E-state index < -0.39 is 18.0 Å². The first-order valence-electron chi connectivity index (χ1n) is 5.79. The molecule has 1 rings (SSSR count). The Morgan fingerprint density at radius 3 is 2.47 bits per heavy atom. The third-order valence-corrected chi connectivity index (χ3v) is 2.91. The molecule has 0 aromatic carbocycles. The summed E-state index contributed by atoms with van der Waals surface area (Å²) in [6.45, 7) is 4.63. The van der Waals surface area contributed by atoms with Crippen molar-refractivity contribution < 1.29 is 9.59 Å². The van der Waals surface area contributed by atoms with Gasteiger partial charge >= 0.3 is 0 Å². The highest BCUT2D eigenvalue weighted by Crippen LogP contribution is 2.18. The quantitative estimate of drug-likeness (QED) is 0.762. The molecule has 0 bridgehead atoms. The van der Waals surface area contributed by atoms with E-state index in [1.807, 2.05) is 13.8 Å². The van der Waals surface area contributed by atoms with Crippen LogP contribution in [0.1, 0.15) is 33.1 Å². The van der Waals surface area contributed by atoms with Crippen molar-refractivity contribution >= 4 is 24.2 Å². The summed E-state index contributed by atoms with van der Waals surface area (Å²) in [6.07, 6.45) is 2.13. The standard InChI is InChI=1S/C11H21N3O2.ClH/c1-7(2)6-8(12)11(16)14-5-3-4-9(14)10(13)15;/h7-9H,3-6,12H2,1-2H3,(H2,13,15);1H/t8-,9-;/m0./s1. The third kappa shape index (κ3) is 4.16. The Morgan fingerprint density at radius 2 is 2.00 bits per heavy atom. The molecule has 0 saturated carbocycles. The van der Waals surface area contributed by atoms with E-state index >= 15 is 0 Å². The molecular weight excluding hydrogens is 242 g/mol. The zero-order chi connectivity index (χ0) is 12.3. The van der Waals surface area contributed by atoms with Gasteiger partial charge in [-0.15, -0.1) is 12.4 Å². The smallest absolute Gasteiger partial charge is 0.240 e. The minimum Gasteiger partial charge on any atom is -0.368 e. The molecule has 0 spiro atoms. The first kappa shape index (κ1) is 16.2. The minimum absolute atomic E-state index is 0. The second-order valence-electron chi connectivity index (χ2n) is 4.83. The Kier molecular flexibility index (Phi) is 6.49. The van der Waals surface area contributed by atoms with Crippen molar-refractivity contribution in [2.75, 3.05) is 6.54 Å². The number of hydrogen-bond acceptors (Lipinski definition) is 3. The summed E-state index contributed by atoms with van der Waals surface area (Å²) in [5.74, 6) is -0.203. The molecule has 1 fully saturated rings. The highest BCUT2D eigenvalue weighted by atomic mass is 35.5. The fourth-order valence-electron chi connectivity index (χ4n) is 2.15. The topological polar surface area (TPSA) is 89.4 Å². The maximum Gasteiger partial charge on any atom is 0.240 e. The van der Waals surface area contributed by atoms with Crippen molar-refractivity contribution in [3.05, 3.63) is 0 Å². The second kappa shape index (κ2) is 6.81. The first-order chi connectivity index (χ1) is 7.43. The van der Waals surface area contributed by atoms with Crippen LogP contribution in [0.15, 0.2) is 0 Å². The molecule has 1 heterocycles. The summed E-state index contributed by atoms with van der Waals surface area (Å²) in [5, 5.41) is 0. The molecule has 2 amide bonds. The summed E-state index contributed by atoms with van der Waals surface area (Å²) in [6, 6.07) is -0.967. The molecule has 0 aromatic rings. The maximum absolute atomic E-state index is 12.0. The highest BCUT2D eigenvalue weighted by molar-refractivity contribution is 5.89. The van der Waals surface area contributed by atoms with Crippen LogP contribution in [-0.2, 0) is 9.59 Å². The van der Waals surface area contributed by atoms with Gasteiger partial charge in [-0.2, -0.15) is 0 Å². The number of carbonyl (C=O) groups is 2. The predicted molar refractivity (Wildman–Crippen MR) is 68.6 cm³/mol. The molecule has 17 heavy (non-hydrogen) atoms. The predicted octanol–water partition coefficient (Wildman–Crippen LogP) is 0.258. The number of amides is 2. The van der Waals surface area contributed by atoms with Crippen molar-refractivity contribution in [1.82, 2.24) is 4.90 Å². The van der Waals surface area contributed by atoms with Gasteiger partial charge in [-0.3, -0.25) is 9.59 Å². The number of rotatable bonds is 4. The van der Waals surface area contributed by atoms with E-state index in [9.17, 15) is 9.59 Å². The molecule has 5 nitrogen and oxygen atoms in total. The Balaban J connectivity index is 0.00000256. The molecule has 100 valence electrons. The van der Waals surface area contributed by atoms with Crippen molar-refractivity contribution in [2.45, 2.75) is 45.2 Å². The molecule has 0 unspecified atom stereocenters. The number of likely N-dealkylation sites (tertiary alicyclic amines) is 1. The fraction of sp³-hybridized carbons (Fsp3) is 0.818. The number of hydrogen-bond donors (Lipinski definition) is 2. The second-order valence-corrected chi connectivity index (χ2v) is 4.83. The van der Waals surface area contributed by atoms with Crippen molar-refractivity contribution in [3.63, 3.8) is 0 Å². The first-order valence-corrected chi connectivity index (χ1v) is 5.79. The SMILES string of the molecule is CC(C)C[C@H](N)C(=O)N1CCC[C@H]1C(N)=O.Cl. The van der Waals surface area contributed by atoms with Gasteiger partial charge in [0.1, 0.15) is 6.04 Å². The van der Waals surface area contributed by atoms with Crippen LogP contribution in [0.2, 0.25) is 0 Å². The van der Waals surface area contributed by atoms with Gasteiger partial charge in [0.05, 0.1) is 6.04 Å². The molecule has 4 N–H and O–H groups in total. The number of halogens is 1. The summed E-state index contributed by atoms with van der Waals surface area (Å²) >= 11 is 0. The summed E-state index contributed by atoms with van der Waals surface area (Å²) in [5.41, 5.74) is 11.1. The van der Waals surface area contributed by atoms with E-state index in [1.165, 1.54) is 4.90 Å². The lowest BCUT2D eigenvalue weighted by Crippen LogP contribution is -2.50. The molecule has 0 aliphatic carbocycles. The van der Waals surface area contributed by atoms with Crippen molar-refractivity contribution in [3.8, 4) is 0 Å². The van der Waals surface area contributed by atoms with E-state index in [1.54, 1.807) is 0 Å². The number of primary amides is 1. The van der Waals surface area contributed by atoms with Gasteiger partial charge in [-0.05, 0) is 25.2 Å². The molecular formula is C11H22ClN3O2. The average molecular weight is 264 g/mol. The third-order valence-electron chi connectivity index (χ3n) is 2.91. The molecule has 1 aliphatic heterocycles. The normalized spacial score (nSPS) is 21.2. The van der Waals surface area contributed by atoms with Crippen molar-refractivity contribution in [2.24, 2.45) is 17.4 Å². The molecule has 1 aliphatic rings. The lowest BCUT2D eigenvalue weighted by Gasteiger charge is -2.26. The van der Waals surface area contributed by atoms with Gasteiger partial charge in [0, 0.05) is 6.54 Å². The lowest BCUT2D eigenvalue weighted by molar-refractivity contribution is -0.138. The summed E-state index contributed by atoms with van der Waals surface area (Å²) < 4.78 is 0. The summed E-state index contributed by atoms with van der Waals surface area (Å²) in [7, 11) is 0. The minimum atomic E-state index is -0.514. The van der Waals surface area contributed by atoms with E-state index in [0.29, 0.717) is 25.3 Å².